The Morgan fingerprint density at radius 3 is 3.07 bits per heavy atom. The average molecular weight is 227 g/mol. The summed E-state index contributed by atoms with van der Waals surface area (Å²) in [5.74, 6) is 0.0190. The minimum atomic E-state index is 0.0190. The summed E-state index contributed by atoms with van der Waals surface area (Å²) in [6.07, 6.45) is 2.77. The van der Waals surface area contributed by atoms with Crippen LogP contribution in [-0.4, -0.2) is 23.5 Å². The number of nitrogens with one attached hydrogen (secondary N) is 2. The fraction of sp³-hybridized carbons (Fsp3) is 0.600. The van der Waals surface area contributed by atoms with Crippen molar-refractivity contribution in [3.05, 3.63) is 16.6 Å². The van der Waals surface area contributed by atoms with Crippen LogP contribution in [0.1, 0.15) is 25.3 Å². The van der Waals surface area contributed by atoms with Gasteiger partial charge in [0.1, 0.15) is 5.01 Å². The maximum absolute atomic E-state index is 11.4. The van der Waals surface area contributed by atoms with E-state index in [2.05, 4.69) is 29.5 Å². The lowest BCUT2D eigenvalue weighted by molar-refractivity contribution is -0.120. The Bertz CT molecular complexity index is 287. The molecule has 0 aliphatic carbocycles. The first-order valence-corrected chi connectivity index (χ1v) is 5.98. The molecule has 2 N–H and O–H groups in total. The quantitative estimate of drug-likeness (QED) is 0.766. The summed E-state index contributed by atoms with van der Waals surface area (Å²) in [7, 11) is 0. The third-order valence-corrected chi connectivity index (χ3v) is 2.92. The van der Waals surface area contributed by atoms with E-state index in [1.54, 1.807) is 17.5 Å². The van der Waals surface area contributed by atoms with E-state index in [4.69, 9.17) is 0 Å². The van der Waals surface area contributed by atoms with E-state index in [0.717, 1.165) is 11.4 Å². The van der Waals surface area contributed by atoms with Crippen LogP contribution in [0.2, 0.25) is 0 Å². The van der Waals surface area contributed by atoms with Crippen LogP contribution in [0, 0.1) is 0 Å². The normalized spacial score (nSPS) is 12.4. The van der Waals surface area contributed by atoms with Crippen LogP contribution in [0.4, 0.5) is 0 Å². The molecule has 0 radical (unpaired) electrons. The summed E-state index contributed by atoms with van der Waals surface area (Å²) >= 11 is 1.55. The van der Waals surface area contributed by atoms with Gasteiger partial charge in [-0.1, -0.05) is 6.92 Å². The summed E-state index contributed by atoms with van der Waals surface area (Å²) in [6, 6.07) is 0.385. The van der Waals surface area contributed by atoms with E-state index < -0.39 is 0 Å². The second kappa shape index (κ2) is 6.53. The minimum absolute atomic E-state index is 0.0190. The number of thiazole rings is 1. The van der Waals surface area contributed by atoms with Crippen molar-refractivity contribution in [2.75, 3.05) is 6.54 Å². The molecule has 1 unspecified atom stereocenters. The summed E-state index contributed by atoms with van der Waals surface area (Å²) in [6.45, 7) is 5.05. The topological polar surface area (TPSA) is 54.0 Å². The molecule has 5 heteroatoms. The highest BCUT2D eigenvalue weighted by molar-refractivity contribution is 7.09. The molecule has 0 spiro atoms. The first kappa shape index (κ1) is 12.1. The van der Waals surface area contributed by atoms with E-state index >= 15 is 0 Å². The molecule has 4 nitrogen and oxygen atoms in total. The maximum Gasteiger partial charge on any atom is 0.234 e. The molecule has 0 saturated carbocycles. The van der Waals surface area contributed by atoms with Crippen LogP contribution >= 0.6 is 11.3 Å². The molecule has 0 saturated heterocycles. The van der Waals surface area contributed by atoms with Crippen LogP contribution in [0.3, 0.4) is 0 Å². The Balaban J connectivity index is 2.14. The Kier molecular flexibility index (Phi) is 5.28. The number of hydrogen-bond acceptors (Lipinski definition) is 4. The number of nitrogens with zero attached hydrogens (tertiary/aromatic N) is 1. The molecule has 0 aliphatic rings. The third kappa shape index (κ3) is 4.90. The van der Waals surface area contributed by atoms with Crippen LogP contribution < -0.4 is 10.6 Å². The number of hydrogen-bond donors (Lipinski definition) is 2. The molecular weight excluding hydrogens is 210 g/mol. The zero-order valence-electron chi connectivity index (χ0n) is 9.12. The van der Waals surface area contributed by atoms with E-state index in [1.807, 2.05) is 5.38 Å². The molecule has 1 heterocycles. The van der Waals surface area contributed by atoms with Crippen molar-refractivity contribution in [2.24, 2.45) is 0 Å². The molecule has 0 bridgehead atoms. The number of aromatic nitrogens is 1. The first-order chi connectivity index (χ1) is 7.22. The van der Waals surface area contributed by atoms with Crippen molar-refractivity contribution in [1.82, 2.24) is 15.6 Å². The monoisotopic (exact) mass is 227 g/mol. The molecule has 0 fully saturated rings. The molecule has 0 aliphatic heterocycles. The van der Waals surface area contributed by atoms with Crippen molar-refractivity contribution in [1.29, 1.82) is 0 Å². The van der Waals surface area contributed by atoms with Gasteiger partial charge in [0.05, 0.1) is 13.1 Å². The molecular formula is C10H17N3OS. The van der Waals surface area contributed by atoms with Gasteiger partial charge in [0.25, 0.3) is 0 Å². The molecule has 1 atom stereocenters. The second-order valence-corrected chi connectivity index (χ2v) is 4.37. The zero-order chi connectivity index (χ0) is 11.1. The van der Waals surface area contributed by atoms with Gasteiger partial charge in [-0.3, -0.25) is 4.79 Å². The summed E-state index contributed by atoms with van der Waals surface area (Å²) in [4.78, 5) is 15.4. The molecule has 1 rings (SSSR count). The van der Waals surface area contributed by atoms with Crippen LogP contribution in [0.15, 0.2) is 11.6 Å². The summed E-state index contributed by atoms with van der Waals surface area (Å²) < 4.78 is 0. The van der Waals surface area contributed by atoms with Gasteiger partial charge in [-0.15, -0.1) is 11.3 Å². The predicted molar refractivity (Wildman–Crippen MR) is 61.7 cm³/mol. The lowest BCUT2D eigenvalue weighted by Gasteiger charge is -2.10. The van der Waals surface area contributed by atoms with Gasteiger partial charge in [0.15, 0.2) is 0 Å². The smallest absolute Gasteiger partial charge is 0.234 e. The van der Waals surface area contributed by atoms with Gasteiger partial charge in [0.2, 0.25) is 5.91 Å². The molecule has 15 heavy (non-hydrogen) atoms. The fourth-order valence-electron chi connectivity index (χ4n) is 0.988. The summed E-state index contributed by atoms with van der Waals surface area (Å²) in [5, 5.41) is 8.78. The van der Waals surface area contributed by atoms with Crippen molar-refractivity contribution < 1.29 is 4.79 Å². The van der Waals surface area contributed by atoms with E-state index in [0.29, 0.717) is 19.1 Å². The standard InChI is InChI=1S/C10H17N3OS/c1-3-8(2)12-6-9(14)13-7-10-11-4-5-15-10/h4-5,8,12H,3,6-7H2,1-2H3,(H,13,14). The number of carbonyl (C=O) groups is 1. The molecule has 1 amide bonds. The van der Waals surface area contributed by atoms with Gasteiger partial charge in [-0.25, -0.2) is 4.98 Å². The van der Waals surface area contributed by atoms with Crippen LogP contribution in [0.25, 0.3) is 0 Å². The lowest BCUT2D eigenvalue weighted by atomic mass is 10.2. The first-order valence-electron chi connectivity index (χ1n) is 5.10. The number of rotatable bonds is 6. The van der Waals surface area contributed by atoms with E-state index in [9.17, 15) is 4.79 Å². The number of amides is 1. The van der Waals surface area contributed by atoms with Crippen molar-refractivity contribution in [3.63, 3.8) is 0 Å². The minimum Gasteiger partial charge on any atom is -0.348 e. The molecule has 1 aromatic heterocycles. The highest BCUT2D eigenvalue weighted by Crippen LogP contribution is 2.02. The van der Waals surface area contributed by atoms with E-state index in [1.165, 1.54) is 0 Å². The second-order valence-electron chi connectivity index (χ2n) is 3.39. The van der Waals surface area contributed by atoms with Gasteiger partial charge < -0.3 is 10.6 Å². The van der Waals surface area contributed by atoms with Gasteiger partial charge in [0, 0.05) is 17.6 Å². The predicted octanol–water partition coefficient (Wildman–Crippen LogP) is 1.15. The van der Waals surface area contributed by atoms with Crippen molar-refractivity contribution in [3.8, 4) is 0 Å². The Morgan fingerprint density at radius 2 is 2.47 bits per heavy atom. The van der Waals surface area contributed by atoms with Crippen molar-refractivity contribution in [2.45, 2.75) is 32.9 Å². The maximum atomic E-state index is 11.4. The van der Waals surface area contributed by atoms with Gasteiger partial charge in [-0.05, 0) is 13.3 Å². The SMILES string of the molecule is CCC(C)NCC(=O)NCc1nccs1. The largest absolute Gasteiger partial charge is 0.348 e. The molecule has 84 valence electrons. The van der Waals surface area contributed by atoms with Crippen molar-refractivity contribution >= 4 is 17.2 Å². The number of carbonyl (C=O) groups excluding carboxylic acids is 1. The van der Waals surface area contributed by atoms with E-state index in [-0.39, 0.29) is 5.91 Å². The molecule has 0 aromatic carbocycles. The Morgan fingerprint density at radius 1 is 1.67 bits per heavy atom. The average Bonchev–Trinajstić information content (AvgIpc) is 2.75. The zero-order valence-corrected chi connectivity index (χ0v) is 9.93. The van der Waals surface area contributed by atoms with Crippen LogP contribution in [0.5, 0.6) is 0 Å². The van der Waals surface area contributed by atoms with Gasteiger partial charge in [-0.2, -0.15) is 0 Å². The van der Waals surface area contributed by atoms with Crippen LogP contribution in [-0.2, 0) is 11.3 Å². The Labute approximate surface area is 94.1 Å². The fourth-order valence-corrected chi connectivity index (χ4v) is 1.54. The summed E-state index contributed by atoms with van der Waals surface area (Å²) in [5.41, 5.74) is 0. The highest BCUT2D eigenvalue weighted by atomic mass is 32.1. The Hall–Kier alpha value is -0.940. The van der Waals surface area contributed by atoms with Gasteiger partial charge >= 0.3 is 0 Å². The third-order valence-electron chi connectivity index (χ3n) is 2.14. The highest BCUT2D eigenvalue weighted by Gasteiger charge is 2.04. The molecule has 1 aromatic rings. The lowest BCUT2D eigenvalue weighted by Crippen LogP contribution is -2.37.